The minimum atomic E-state index is -0.267. The molecular weight excluding hydrogens is 290 g/mol. The Morgan fingerprint density at radius 3 is 2.86 bits per heavy atom. The number of hydrogen-bond acceptors (Lipinski definition) is 7. The molecule has 0 unspecified atom stereocenters. The van der Waals surface area contributed by atoms with Crippen molar-refractivity contribution < 1.29 is 14.3 Å². The van der Waals surface area contributed by atoms with Crippen LogP contribution in [-0.4, -0.2) is 29.2 Å². The van der Waals surface area contributed by atoms with Crippen molar-refractivity contribution >= 4 is 28.1 Å². The summed E-state index contributed by atoms with van der Waals surface area (Å²) >= 11 is 1.43. The van der Waals surface area contributed by atoms with Crippen LogP contribution in [0.25, 0.3) is 0 Å². The van der Waals surface area contributed by atoms with Crippen molar-refractivity contribution in [2.45, 2.75) is 20.3 Å². The summed E-state index contributed by atoms with van der Waals surface area (Å²) in [7, 11) is 0. The molecule has 0 aliphatic heterocycles. The number of pyridine rings is 1. The third kappa shape index (κ3) is 4.71. The SMILES string of the molecule is CCOC(=O)Cc1csc(Nc2ccc(OCC)nc2)n1. The van der Waals surface area contributed by atoms with Crippen molar-refractivity contribution in [3.8, 4) is 5.88 Å². The normalized spacial score (nSPS) is 10.2. The van der Waals surface area contributed by atoms with E-state index in [1.54, 1.807) is 19.2 Å². The number of carbonyl (C=O) groups excluding carboxylic acids is 1. The molecule has 1 N–H and O–H groups in total. The number of rotatable bonds is 7. The van der Waals surface area contributed by atoms with Gasteiger partial charge < -0.3 is 14.8 Å². The highest BCUT2D eigenvalue weighted by Gasteiger charge is 2.08. The van der Waals surface area contributed by atoms with E-state index >= 15 is 0 Å². The average molecular weight is 307 g/mol. The van der Waals surface area contributed by atoms with E-state index in [1.807, 2.05) is 18.4 Å². The summed E-state index contributed by atoms with van der Waals surface area (Å²) in [6.45, 7) is 4.66. The molecule has 2 rings (SSSR count). The summed E-state index contributed by atoms with van der Waals surface area (Å²) in [6, 6.07) is 3.66. The molecule has 0 radical (unpaired) electrons. The molecule has 6 nitrogen and oxygen atoms in total. The van der Waals surface area contributed by atoms with Crippen LogP contribution < -0.4 is 10.1 Å². The summed E-state index contributed by atoms with van der Waals surface area (Å²) in [5, 5.41) is 5.68. The van der Waals surface area contributed by atoms with Crippen LogP contribution in [0, 0.1) is 0 Å². The van der Waals surface area contributed by atoms with Gasteiger partial charge in [0.1, 0.15) is 0 Å². The van der Waals surface area contributed by atoms with Gasteiger partial charge in [0.2, 0.25) is 5.88 Å². The lowest BCUT2D eigenvalue weighted by molar-refractivity contribution is -0.142. The predicted molar refractivity (Wildman–Crippen MR) is 81.1 cm³/mol. The van der Waals surface area contributed by atoms with Gasteiger partial charge in [-0.25, -0.2) is 9.97 Å². The number of nitrogens with one attached hydrogen (secondary N) is 1. The van der Waals surface area contributed by atoms with Crippen molar-refractivity contribution in [2.75, 3.05) is 18.5 Å². The van der Waals surface area contributed by atoms with Crippen molar-refractivity contribution in [2.24, 2.45) is 0 Å². The molecule has 7 heteroatoms. The molecule has 0 fully saturated rings. The Kier molecular flexibility index (Phi) is 5.51. The molecule has 0 amide bonds. The molecule has 0 spiro atoms. The highest BCUT2D eigenvalue weighted by molar-refractivity contribution is 7.13. The van der Waals surface area contributed by atoms with E-state index in [0.29, 0.717) is 29.9 Å². The van der Waals surface area contributed by atoms with Crippen LogP contribution in [0.2, 0.25) is 0 Å². The van der Waals surface area contributed by atoms with Gasteiger partial charge in [0.05, 0.1) is 37.2 Å². The Morgan fingerprint density at radius 1 is 1.33 bits per heavy atom. The van der Waals surface area contributed by atoms with E-state index in [2.05, 4.69) is 15.3 Å². The predicted octanol–water partition coefficient (Wildman–Crippen LogP) is 2.79. The van der Waals surface area contributed by atoms with Crippen molar-refractivity contribution in [1.29, 1.82) is 0 Å². The monoisotopic (exact) mass is 307 g/mol. The maximum Gasteiger partial charge on any atom is 0.311 e. The van der Waals surface area contributed by atoms with Crippen LogP contribution in [0.1, 0.15) is 19.5 Å². The molecule has 2 heterocycles. The second kappa shape index (κ2) is 7.58. The molecule has 0 aliphatic rings. The molecule has 0 atom stereocenters. The van der Waals surface area contributed by atoms with Crippen LogP contribution in [0.15, 0.2) is 23.7 Å². The first-order valence-electron chi connectivity index (χ1n) is 6.67. The van der Waals surface area contributed by atoms with E-state index in [-0.39, 0.29) is 12.4 Å². The van der Waals surface area contributed by atoms with E-state index in [9.17, 15) is 4.79 Å². The fourth-order valence-electron chi connectivity index (χ4n) is 1.62. The number of esters is 1. The molecule has 0 aliphatic carbocycles. The lowest BCUT2D eigenvalue weighted by Crippen LogP contribution is -2.07. The Balaban J connectivity index is 1.94. The van der Waals surface area contributed by atoms with E-state index in [1.165, 1.54) is 11.3 Å². The van der Waals surface area contributed by atoms with Gasteiger partial charge in [-0.15, -0.1) is 11.3 Å². The Bertz CT molecular complexity index is 583. The number of anilines is 2. The minimum Gasteiger partial charge on any atom is -0.478 e. The number of carbonyl (C=O) groups is 1. The zero-order chi connectivity index (χ0) is 15.1. The van der Waals surface area contributed by atoms with E-state index in [0.717, 1.165) is 5.69 Å². The maximum atomic E-state index is 11.4. The Hall–Kier alpha value is -2.15. The van der Waals surface area contributed by atoms with E-state index in [4.69, 9.17) is 9.47 Å². The lowest BCUT2D eigenvalue weighted by atomic mass is 10.3. The van der Waals surface area contributed by atoms with Gasteiger partial charge in [0, 0.05) is 11.4 Å². The van der Waals surface area contributed by atoms with Crippen LogP contribution in [-0.2, 0) is 16.0 Å². The third-order valence-electron chi connectivity index (χ3n) is 2.46. The van der Waals surface area contributed by atoms with Crippen molar-refractivity contribution in [3.63, 3.8) is 0 Å². The van der Waals surface area contributed by atoms with Gasteiger partial charge >= 0.3 is 5.97 Å². The zero-order valence-corrected chi connectivity index (χ0v) is 12.8. The number of aromatic nitrogens is 2. The molecule has 0 bridgehead atoms. The average Bonchev–Trinajstić information content (AvgIpc) is 2.89. The molecule has 112 valence electrons. The molecule has 2 aromatic rings. The van der Waals surface area contributed by atoms with Gasteiger partial charge in [-0.3, -0.25) is 4.79 Å². The fourth-order valence-corrected chi connectivity index (χ4v) is 2.35. The minimum absolute atomic E-state index is 0.188. The summed E-state index contributed by atoms with van der Waals surface area (Å²) in [5.41, 5.74) is 1.51. The largest absolute Gasteiger partial charge is 0.478 e. The molecule has 2 aromatic heterocycles. The topological polar surface area (TPSA) is 73.3 Å². The van der Waals surface area contributed by atoms with Gasteiger partial charge in [0.25, 0.3) is 0 Å². The third-order valence-corrected chi connectivity index (χ3v) is 3.27. The number of hydrogen-bond donors (Lipinski definition) is 1. The highest BCUT2D eigenvalue weighted by Crippen LogP contribution is 2.21. The maximum absolute atomic E-state index is 11.4. The number of nitrogens with zero attached hydrogens (tertiary/aromatic N) is 2. The van der Waals surface area contributed by atoms with Crippen LogP contribution in [0.5, 0.6) is 5.88 Å². The quantitative estimate of drug-likeness (QED) is 0.793. The molecular formula is C14H17N3O3S. The van der Waals surface area contributed by atoms with Gasteiger partial charge in [0.15, 0.2) is 5.13 Å². The Labute approximate surface area is 127 Å². The summed E-state index contributed by atoms with van der Waals surface area (Å²) in [5.74, 6) is 0.322. The molecule has 0 saturated heterocycles. The second-order valence-corrected chi connectivity index (χ2v) is 4.93. The second-order valence-electron chi connectivity index (χ2n) is 4.07. The molecule has 21 heavy (non-hydrogen) atoms. The van der Waals surface area contributed by atoms with Gasteiger partial charge in [-0.2, -0.15) is 0 Å². The first-order valence-corrected chi connectivity index (χ1v) is 7.55. The summed E-state index contributed by atoms with van der Waals surface area (Å²) < 4.78 is 10.2. The fraction of sp³-hybridized carbons (Fsp3) is 0.357. The van der Waals surface area contributed by atoms with Gasteiger partial charge in [-0.05, 0) is 19.9 Å². The zero-order valence-electron chi connectivity index (χ0n) is 12.0. The van der Waals surface area contributed by atoms with Crippen molar-refractivity contribution in [3.05, 3.63) is 29.4 Å². The molecule has 0 saturated carbocycles. The summed E-state index contributed by atoms with van der Waals surface area (Å²) in [4.78, 5) is 19.9. The first-order chi connectivity index (χ1) is 10.2. The summed E-state index contributed by atoms with van der Waals surface area (Å²) in [6.07, 6.45) is 1.87. The van der Waals surface area contributed by atoms with Crippen LogP contribution >= 0.6 is 11.3 Å². The van der Waals surface area contributed by atoms with Crippen molar-refractivity contribution in [1.82, 2.24) is 9.97 Å². The lowest BCUT2D eigenvalue weighted by Gasteiger charge is -2.04. The van der Waals surface area contributed by atoms with Gasteiger partial charge in [-0.1, -0.05) is 0 Å². The standard InChI is InChI=1S/C14H17N3O3S/c1-3-19-12-6-5-10(8-15-12)16-14-17-11(9-21-14)7-13(18)20-4-2/h5-6,8-9H,3-4,7H2,1-2H3,(H,16,17). The van der Waals surface area contributed by atoms with Crippen LogP contribution in [0.4, 0.5) is 10.8 Å². The highest BCUT2D eigenvalue weighted by atomic mass is 32.1. The smallest absolute Gasteiger partial charge is 0.311 e. The first kappa shape index (κ1) is 15.2. The van der Waals surface area contributed by atoms with Crippen LogP contribution in [0.3, 0.4) is 0 Å². The Morgan fingerprint density at radius 2 is 2.19 bits per heavy atom. The van der Waals surface area contributed by atoms with E-state index < -0.39 is 0 Å². The number of thiazole rings is 1. The number of ether oxygens (including phenoxy) is 2. The molecule has 0 aromatic carbocycles.